The molecule has 0 unspecified atom stereocenters. The van der Waals surface area contributed by atoms with Gasteiger partial charge in [-0.2, -0.15) is 0 Å². The zero-order valence-corrected chi connectivity index (χ0v) is 13.7. The van der Waals surface area contributed by atoms with E-state index in [0.717, 1.165) is 0 Å². The van der Waals surface area contributed by atoms with Gasteiger partial charge in [0.15, 0.2) is 0 Å². The lowest BCUT2D eigenvalue weighted by molar-refractivity contribution is 0.593. The van der Waals surface area contributed by atoms with Gasteiger partial charge >= 0.3 is 0 Å². The molecule has 0 aromatic heterocycles. The number of benzene rings is 1. The summed E-state index contributed by atoms with van der Waals surface area (Å²) in [4.78, 5) is 0. The van der Waals surface area contributed by atoms with Gasteiger partial charge in [0.05, 0.1) is 15.9 Å². The van der Waals surface area contributed by atoms with E-state index in [1.54, 1.807) is 6.92 Å². The third-order valence-corrected chi connectivity index (χ3v) is 5.10. The second kappa shape index (κ2) is 6.41. The topological polar surface area (TPSA) is 58.2 Å². The third-order valence-electron chi connectivity index (χ3n) is 3.13. The molecule has 4 nitrogen and oxygen atoms in total. The molecule has 1 aromatic carbocycles. The number of hydrogen-bond acceptors (Lipinski definition) is 3. The highest BCUT2D eigenvalue weighted by Gasteiger charge is 2.20. The Balaban J connectivity index is 1.91. The maximum atomic E-state index is 13.3. The molecule has 1 saturated carbocycles. The van der Waals surface area contributed by atoms with Crippen LogP contribution >= 0.6 is 15.9 Å². The minimum Gasteiger partial charge on any atom is -0.314 e. The number of hydrogen-bond donors (Lipinski definition) is 2. The summed E-state index contributed by atoms with van der Waals surface area (Å²) < 4.78 is 40.0. The first-order valence-electron chi connectivity index (χ1n) is 6.57. The van der Waals surface area contributed by atoms with Crippen molar-refractivity contribution in [2.45, 2.75) is 32.2 Å². The first kappa shape index (κ1) is 15.7. The molecule has 0 bridgehead atoms. The highest BCUT2D eigenvalue weighted by molar-refractivity contribution is 9.10. The van der Waals surface area contributed by atoms with E-state index in [1.807, 2.05) is 0 Å². The Kier molecular flexibility index (Phi) is 5.04. The Labute approximate surface area is 127 Å². The van der Waals surface area contributed by atoms with Gasteiger partial charge in [0, 0.05) is 6.04 Å². The molecule has 0 saturated heterocycles. The van der Waals surface area contributed by atoms with E-state index >= 15 is 0 Å². The molecule has 20 heavy (non-hydrogen) atoms. The van der Waals surface area contributed by atoms with Crippen LogP contribution in [0.2, 0.25) is 0 Å². The largest absolute Gasteiger partial charge is 0.314 e. The molecule has 0 spiro atoms. The Morgan fingerprint density at radius 3 is 2.75 bits per heavy atom. The van der Waals surface area contributed by atoms with Crippen LogP contribution in [0.4, 0.5) is 10.1 Å². The molecule has 2 rings (SSSR count). The average Bonchev–Trinajstić information content (AvgIpc) is 3.15. The second-order valence-electron chi connectivity index (χ2n) is 5.08. The van der Waals surface area contributed by atoms with E-state index in [2.05, 4.69) is 26.0 Å². The molecule has 0 heterocycles. The molecule has 0 aliphatic heterocycles. The summed E-state index contributed by atoms with van der Waals surface area (Å²) in [5.41, 5.74) is 0.971. The molecular weight excluding hydrogens is 347 g/mol. The molecule has 2 N–H and O–H groups in total. The SMILES string of the molecule is Cc1cc(F)c(Br)cc1NS(=O)(=O)CCCNC1CC1. The lowest BCUT2D eigenvalue weighted by Gasteiger charge is -2.11. The Bertz CT molecular complexity index is 588. The smallest absolute Gasteiger partial charge is 0.232 e. The zero-order valence-electron chi connectivity index (χ0n) is 11.2. The summed E-state index contributed by atoms with van der Waals surface area (Å²) in [7, 11) is -3.40. The number of aryl methyl sites for hydroxylation is 1. The van der Waals surface area contributed by atoms with Crippen molar-refractivity contribution >= 4 is 31.6 Å². The quantitative estimate of drug-likeness (QED) is 0.731. The van der Waals surface area contributed by atoms with E-state index in [-0.39, 0.29) is 10.2 Å². The Morgan fingerprint density at radius 1 is 1.40 bits per heavy atom. The minimum atomic E-state index is -3.40. The number of rotatable bonds is 7. The van der Waals surface area contributed by atoms with Gasteiger partial charge in [-0.05, 0) is 66.4 Å². The number of anilines is 1. The van der Waals surface area contributed by atoms with Gasteiger partial charge in [0.2, 0.25) is 10.0 Å². The van der Waals surface area contributed by atoms with Crippen molar-refractivity contribution in [3.63, 3.8) is 0 Å². The van der Waals surface area contributed by atoms with Crippen molar-refractivity contribution in [3.05, 3.63) is 28.0 Å². The van der Waals surface area contributed by atoms with Crippen LogP contribution in [0, 0.1) is 12.7 Å². The van der Waals surface area contributed by atoms with Crippen LogP contribution in [0.25, 0.3) is 0 Å². The van der Waals surface area contributed by atoms with Crippen LogP contribution in [0.5, 0.6) is 0 Å². The maximum absolute atomic E-state index is 13.3. The van der Waals surface area contributed by atoms with Gasteiger partial charge in [-0.25, -0.2) is 12.8 Å². The molecule has 1 aromatic rings. The number of sulfonamides is 1. The van der Waals surface area contributed by atoms with Crippen molar-refractivity contribution in [2.75, 3.05) is 17.0 Å². The fraction of sp³-hybridized carbons (Fsp3) is 0.538. The van der Waals surface area contributed by atoms with E-state index in [0.29, 0.717) is 30.3 Å². The van der Waals surface area contributed by atoms with Crippen LogP contribution in [-0.2, 0) is 10.0 Å². The summed E-state index contributed by atoms with van der Waals surface area (Å²) in [6.07, 6.45) is 2.94. The summed E-state index contributed by atoms with van der Waals surface area (Å²) in [5.74, 6) is -0.347. The third kappa shape index (κ3) is 4.71. The fourth-order valence-electron chi connectivity index (χ4n) is 1.83. The molecule has 0 radical (unpaired) electrons. The summed E-state index contributed by atoms with van der Waals surface area (Å²) in [5, 5.41) is 3.27. The van der Waals surface area contributed by atoms with Gasteiger partial charge in [-0.15, -0.1) is 0 Å². The van der Waals surface area contributed by atoms with E-state index in [4.69, 9.17) is 0 Å². The highest BCUT2D eigenvalue weighted by atomic mass is 79.9. The van der Waals surface area contributed by atoms with E-state index in [9.17, 15) is 12.8 Å². The molecule has 0 atom stereocenters. The van der Waals surface area contributed by atoms with Crippen LogP contribution in [-0.4, -0.2) is 26.8 Å². The van der Waals surface area contributed by atoms with Gasteiger partial charge < -0.3 is 5.32 Å². The fourth-order valence-corrected chi connectivity index (χ4v) is 3.36. The second-order valence-corrected chi connectivity index (χ2v) is 7.78. The minimum absolute atomic E-state index is 0.0567. The van der Waals surface area contributed by atoms with E-state index in [1.165, 1.54) is 25.0 Å². The van der Waals surface area contributed by atoms with E-state index < -0.39 is 15.8 Å². The standard InChI is InChI=1S/C13H18BrFN2O2S/c1-9-7-12(15)11(14)8-13(9)17-20(18,19)6-2-5-16-10-3-4-10/h7-8,10,16-17H,2-6H2,1H3. The molecule has 1 aliphatic rings. The van der Waals surface area contributed by atoms with Crippen molar-refractivity contribution in [2.24, 2.45) is 0 Å². The zero-order chi connectivity index (χ0) is 14.8. The normalized spacial score (nSPS) is 15.3. The first-order valence-corrected chi connectivity index (χ1v) is 9.01. The van der Waals surface area contributed by atoms with Crippen molar-refractivity contribution in [3.8, 4) is 0 Å². The highest BCUT2D eigenvalue weighted by Crippen LogP contribution is 2.25. The Morgan fingerprint density at radius 2 is 2.10 bits per heavy atom. The summed E-state index contributed by atoms with van der Waals surface area (Å²) in [6.45, 7) is 2.37. The summed E-state index contributed by atoms with van der Waals surface area (Å²) >= 11 is 3.05. The van der Waals surface area contributed by atoms with Crippen LogP contribution in [0.15, 0.2) is 16.6 Å². The molecule has 7 heteroatoms. The van der Waals surface area contributed by atoms with Gasteiger partial charge in [-0.1, -0.05) is 0 Å². The lowest BCUT2D eigenvalue weighted by atomic mass is 10.2. The Hall–Kier alpha value is -0.660. The van der Waals surface area contributed by atoms with Crippen molar-refractivity contribution in [1.29, 1.82) is 0 Å². The van der Waals surface area contributed by atoms with Crippen LogP contribution in [0.3, 0.4) is 0 Å². The van der Waals surface area contributed by atoms with Gasteiger partial charge in [-0.3, -0.25) is 4.72 Å². The van der Waals surface area contributed by atoms with Crippen LogP contribution in [0.1, 0.15) is 24.8 Å². The average molecular weight is 365 g/mol. The first-order chi connectivity index (χ1) is 9.37. The van der Waals surface area contributed by atoms with Crippen molar-refractivity contribution < 1.29 is 12.8 Å². The van der Waals surface area contributed by atoms with Crippen LogP contribution < -0.4 is 10.0 Å². The van der Waals surface area contributed by atoms with Crippen molar-refractivity contribution in [1.82, 2.24) is 5.32 Å². The molecule has 0 amide bonds. The molecule has 1 aliphatic carbocycles. The van der Waals surface area contributed by atoms with Gasteiger partial charge in [0.1, 0.15) is 5.82 Å². The monoisotopic (exact) mass is 364 g/mol. The summed E-state index contributed by atoms with van der Waals surface area (Å²) in [6, 6.07) is 3.34. The van der Waals surface area contributed by atoms with Gasteiger partial charge in [0.25, 0.3) is 0 Å². The number of halogens is 2. The number of nitrogens with one attached hydrogen (secondary N) is 2. The molecular formula is C13H18BrFN2O2S. The lowest BCUT2D eigenvalue weighted by Crippen LogP contribution is -2.23. The molecule has 112 valence electrons. The maximum Gasteiger partial charge on any atom is 0.232 e. The predicted molar refractivity (Wildman–Crippen MR) is 81.9 cm³/mol. The molecule has 1 fully saturated rings. The predicted octanol–water partition coefficient (Wildman–Crippen LogP) is 2.78.